The van der Waals surface area contributed by atoms with Crippen LogP contribution in [0.25, 0.3) is 0 Å². The Balaban J connectivity index is 0. The van der Waals surface area contributed by atoms with E-state index in [1.165, 1.54) is 31.7 Å². The molecule has 2 rings (SSSR count). The summed E-state index contributed by atoms with van der Waals surface area (Å²) in [6, 6.07) is 8.22. The second-order valence-corrected chi connectivity index (χ2v) is 4.64. The Hall–Kier alpha value is -0.190. The van der Waals surface area contributed by atoms with Gasteiger partial charge in [-0.3, -0.25) is 0 Å². The number of hydrogen-bond donors (Lipinski definition) is 1. The van der Waals surface area contributed by atoms with E-state index in [0.717, 1.165) is 18.7 Å². The van der Waals surface area contributed by atoms with Crippen LogP contribution < -0.4 is 5.73 Å². The van der Waals surface area contributed by atoms with Gasteiger partial charge in [-0.2, -0.15) is 0 Å². The van der Waals surface area contributed by atoms with Crippen molar-refractivity contribution >= 4 is 42.9 Å². The number of rotatable bonds is 3. The molecule has 0 amide bonds. The fourth-order valence-corrected chi connectivity index (χ4v) is 2.11. The summed E-state index contributed by atoms with van der Waals surface area (Å²) < 4.78 is 0. The maximum absolute atomic E-state index is 5.77. The molecule has 0 aromatic heterocycles. The van der Waals surface area contributed by atoms with Crippen LogP contribution in [-0.2, 0) is 6.42 Å². The van der Waals surface area contributed by atoms with E-state index in [9.17, 15) is 0 Å². The highest BCUT2D eigenvalue weighted by molar-refractivity contribution is 5.86. The van der Waals surface area contributed by atoms with Gasteiger partial charge in [0.05, 0.1) is 0 Å². The minimum absolute atomic E-state index is 0. The molecule has 0 aliphatic carbocycles. The van der Waals surface area contributed by atoms with Crippen LogP contribution in [0.3, 0.4) is 0 Å². The van der Waals surface area contributed by atoms with Crippen LogP contribution in [0.4, 0.5) is 5.69 Å². The third-order valence-electron chi connectivity index (χ3n) is 3.26. The van der Waals surface area contributed by atoms with E-state index in [0.29, 0.717) is 0 Å². The topological polar surface area (TPSA) is 32.5 Å². The van der Waals surface area contributed by atoms with Crippen molar-refractivity contribution in [2.24, 2.45) is 0 Å². The monoisotopic (exact) mass is 327 g/mol. The van der Waals surface area contributed by atoms with E-state index in [1.54, 1.807) is 0 Å². The Morgan fingerprint density at radius 2 is 1.68 bits per heavy atom. The maximum Gasteiger partial charge on any atom is 0.0316 e. The standard InChI is InChI=1S/C13H21N3.3ClH/c1-15-7-9-16(10-8-15)6-5-12-3-2-4-13(14)11-12;;;/h2-4,11H,5-10,14H2,1H3;3*1H. The molecule has 1 heterocycles. The molecule has 0 bridgehead atoms. The van der Waals surface area contributed by atoms with Crippen molar-refractivity contribution in [2.45, 2.75) is 6.42 Å². The highest BCUT2D eigenvalue weighted by atomic mass is 35.5. The lowest BCUT2D eigenvalue weighted by Crippen LogP contribution is -2.45. The summed E-state index contributed by atoms with van der Waals surface area (Å²) in [6.07, 6.45) is 1.11. The van der Waals surface area contributed by atoms with Crippen LogP contribution in [0.5, 0.6) is 0 Å². The molecule has 0 spiro atoms. The zero-order valence-electron chi connectivity index (χ0n) is 11.2. The molecule has 1 saturated heterocycles. The van der Waals surface area contributed by atoms with E-state index in [2.05, 4.69) is 29.0 Å². The minimum atomic E-state index is 0. The van der Waals surface area contributed by atoms with Gasteiger partial charge in [-0.05, 0) is 31.2 Å². The summed E-state index contributed by atoms with van der Waals surface area (Å²) in [5.74, 6) is 0. The van der Waals surface area contributed by atoms with Crippen LogP contribution in [0.2, 0.25) is 0 Å². The Morgan fingerprint density at radius 3 is 2.26 bits per heavy atom. The molecule has 0 unspecified atom stereocenters. The third kappa shape index (κ3) is 7.23. The molecule has 0 atom stereocenters. The van der Waals surface area contributed by atoms with Gasteiger partial charge in [0.1, 0.15) is 0 Å². The zero-order valence-corrected chi connectivity index (χ0v) is 13.7. The highest BCUT2D eigenvalue weighted by Crippen LogP contribution is 2.08. The third-order valence-corrected chi connectivity index (χ3v) is 3.26. The molecule has 1 aliphatic heterocycles. The first-order valence-electron chi connectivity index (χ1n) is 5.99. The van der Waals surface area contributed by atoms with Crippen LogP contribution in [0.15, 0.2) is 24.3 Å². The summed E-state index contributed by atoms with van der Waals surface area (Å²) in [7, 11) is 2.19. The SMILES string of the molecule is CN1CCN(CCc2cccc(N)c2)CC1.Cl.Cl.Cl. The molecular weight excluding hydrogens is 305 g/mol. The summed E-state index contributed by atoms with van der Waals surface area (Å²) in [5.41, 5.74) is 7.98. The number of benzene rings is 1. The average molecular weight is 329 g/mol. The number of anilines is 1. The fourth-order valence-electron chi connectivity index (χ4n) is 2.11. The molecule has 112 valence electrons. The lowest BCUT2D eigenvalue weighted by molar-refractivity contribution is 0.155. The van der Waals surface area contributed by atoms with E-state index >= 15 is 0 Å². The molecule has 6 heteroatoms. The van der Waals surface area contributed by atoms with Gasteiger partial charge in [0.25, 0.3) is 0 Å². The van der Waals surface area contributed by atoms with Crippen LogP contribution >= 0.6 is 37.2 Å². The molecule has 19 heavy (non-hydrogen) atoms. The van der Waals surface area contributed by atoms with Crippen molar-refractivity contribution in [3.8, 4) is 0 Å². The molecule has 2 N–H and O–H groups in total. The van der Waals surface area contributed by atoms with Crippen LogP contribution in [0, 0.1) is 0 Å². The van der Waals surface area contributed by atoms with Crippen molar-refractivity contribution in [1.82, 2.24) is 9.80 Å². The van der Waals surface area contributed by atoms with Gasteiger partial charge >= 0.3 is 0 Å². The molecule has 1 fully saturated rings. The molecule has 1 aromatic rings. The normalized spacial score (nSPS) is 15.8. The number of piperazine rings is 1. The first-order valence-corrected chi connectivity index (χ1v) is 5.99. The largest absolute Gasteiger partial charge is 0.399 e. The summed E-state index contributed by atoms with van der Waals surface area (Å²) in [4.78, 5) is 4.92. The van der Waals surface area contributed by atoms with Crippen molar-refractivity contribution in [1.29, 1.82) is 0 Å². The molecular formula is C13H24Cl3N3. The highest BCUT2D eigenvalue weighted by Gasteiger charge is 2.12. The molecule has 3 nitrogen and oxygen atoms in total. The van der Waals surface area contributed by atoms with Crippen molar-refractivity contribution in [2.75, 3.05) is 45.5 Å². The van der Waals surface area contributed by atoms with Crippen LogP contribution in [0.1, 0.15) is 5.56 Å². The number of likely N-dealkylation sites (N-methyl/N-ethyl adjacent to an activating group) is 1. The van der Waals surface area contributed by atoms with Gasteiger partial charge in [-0.25, -0.2) is 0 Å². The zero-order chi connectivity index (χ0) is 11.4. The van der Waals surface area contributed by atoms with Crippen molar-refractivity contribution in [3.63, 3.8) is 0 Å². The van der Waals surface area contributed by atoms with Gasteiger partial charge in [0.2, 0.25) is 0 Å². The maximum atomic E-state index is 5.77. The Labute approximate surface area is 134 Å². The van der Waals surface area contributed by atoms with Gasteiger partial charge in [-0.15, -0.1) is 37.2 Å². The van der Waals surface area contributed by atoms with Gasteiger partial charge in [0.15, 0.2) is 0 Å². The number of nitrogens with zero attached hydrogens (tertiary/aromatic N) is 2. The van der Waals surface area contributed by atoms with E-state index in [-0.39, 0.29) is 37.2 Å². The summed E-state index contributed by atoms with van der Waals surface area (Å²) >= 11 is 0. The van der Waals surface area contributed by atoms with Gasteiger partial charge in [-0.1, -0.05) is 12.1 Å². The van der Waals surface area contributed by atoms with Crippen LogP contribution in [-0.4, -0.2) is 49.6 Å². The Bertz CT molecular complexity index is 342. The second kappa shape index (κ2) is 10.6. The Morgan fingerprint density at radius 1 is 1.05 bits per heavy atom. The quantitative estimate of drug-likeness (QED) is 0.864. The number of nitrogen functional groups attached to an aromatic ring is 1. The van der Waals surface area contributed by atoms with Gasteiger partial charge < -0.3 is 15.5 Å². The smallest absolute Gasteiger partial charge is 0.0316 e. The number of hydrogen-bond acceptors (Lipinski definition) is 3. The summed E-state index contributed by atoms with van der Waals surface area (Å²) in [5, 5.41) is 0. The minimum Gasteiger partial charge on any atom is -0.399 e. The van der Waals surface area contributed by atoms with Crippen molar-refractivity contribution < 1.29 is 0 Å². The predicted octanol–water partition coefficient (Wildman–Crippen LogP) is 2.32. The van der Waals surface area contributed by atoms with Crippen molar-refractivity contribution in [3.05, 3.63) is 29.8 Å². The number of halogens is 3. The predicted molar refractivity (Wildman–Crippen MR) is 90.2 cm³/mol. The molecule has 1 aliphatic rings. The fraction of sp³-hybridized carbons (Fsp3) is 0.538. The first kappa shape index (κ1) is 21.1. The molecule has 0 saturated carbocycles. The van der Waals surface area contributed by atoms with Gasteiger partial charge in [0, 0.05) is 38.4 Å². The lowest BCUT2D eigenvalue weighted by Gasteiger charge is -2.32. The average Bonchev–Trinajstić information content (AvgIpc) is 2.28. The summed E-state index contributed by atoms with van der Waals surface area (Å²) in [6.45, 7) is 5.92. The molecule has 0 radical (unpaired) electrons. The lowest BCUT2D eigenvalue weighted by atomic mass is 10.1. The number of nitrogens with two attached hydrogens (primary N) is 1. The Kier molecular flexibility index (Phi) is 11.8. The van der Waals surface area contributed by atoms with E-state index in [4.69, 9.17) is 5.73 Å². The van der Waals surface area contributed by atoms with E-state index in [1.807, 2.05) is 12.1 Å². The first-order chi connectivity index (χ1) is 7.74. The molecule has 1 aromatic carbocycles. The second-order valence-electron chi connectivity index (χ2n) is 4.64. The van der Waals surface area contributed by atoms with E-state index < -0.39 is 0 Å².